The third-order valence-electron chi connectivity index (χ3n) is 3.42. The van der Waals surface area contributed by atoms with Crippen molar-refractivity contribution in [1.82, 2.24) is 9.55 Å². The molecule has 1 aromatic heterocycles. The molecule has 0 aliphatic heterocycles. The zero-order valence-electron chi connectivity index (χ0n) is 12.1. The lowest BCUT2D eigenvalue weighted by atomic mass is 10.2. The minimum atomic E-state index is -0.727. The Bertz CT molecular complexity index is 743. The number of imidazole rings is 1. The first kappa shape index (κ1) is 15.1. The number of thioether (sulfide) groups is 1. The maximum absolute atomic E-state index is 9.57. The number of aromatic nitrogens is 2. The van der Waals surface area contributed by atoms with Crippen molar-refractivity contribution in [2.75, 3.05) is 12.4 Å². The van der Waals surface area contributed by atoms with Gasteiger partial charge in [0.1, 0.15) is 0 Å². The second-order valence-electron chi connectivity index (χ2n) is 5.10. The van der Waals surface area contributed by atoms with E-state index in [1.54, 1.807) is 0 Å². The van der Waals surface area contributed by atoms with Crippen LogP contribution in [-0.2, 0) is 6.54 Å². The van der Waals surface area contributed by atoms with Crippen LogP contribution >= 0.6 is 11.8 Å². The minimum absolute atomic E-state index is 0.230. The summed E-state index contributed by atoms with van der Waals surface area (Å²) in [6.45, 7) is 0.505. The summed E-state index contributed by atoms with van der Waals surface area (Å²) in [6, 6.07) is 18.2. The Labute approximate surface area is 133 Å². The van der Waals surface area contributed by atoms with Gasteiger partial charge < -0.3 is 14.8 Å². The summed E-state index contributed by atoms with van der Waals surface area (Å²) in [5.41, 5.74) is 3.22. The Morgan fingerprint density at radius 3 is 2.55 bits per heavy atom. The fourth-order valence-corrected chi connectivity index (χ4v) is 3.23. The molecule has 0 saturated heterocycles. The molecule has 114 valence electrons. The number of aliphatic hydroxyl groups is 2. The first-order chi connectivity index (χ1) is 10.8. The molecule has 3 aromatic rings. The van der Waals surface area contributed by atoms with E-state index in [1.165, 1.54) is 17.3 Å². The van der Waals surface area contributed by atoms with Crippen molar-refractivity contribution in [3.63, 3.8) is 0 Å². The first-order valence-corrected chi connectivity index (χ1v) is 8.17. The second-order valence-corrected chi connectivity index (χ2v) is 6.09. The summed E-state index contributed by atoms with van der Waals surface area (Å²) < 4.78 is 2.15. The molecular formula is C17H18N2O2S. The van der Waals surface area contributed by atoms with E-state index in [-0.39, 0.29) is 6.61 Å². The molecule has 3 rings (SSSR count). The molecule has 2 aromatic carbocycles. The van der Waals surface area contributed by atoms with Gasteiger partial charge in [-0.25, -0.2) is 4.98 Å². The molecule has 0 bridgehead atoms. The molecule has 2 N–H and O–H groups in total. The van der Waals surface area contributed by atoms with Crippen LogP contribution < -0.4 is 0 Å². The standard InChI is InChI=1S/C17H18N2O2S/c20-11-14(21)12-22-17-18-15-8-4-5-9-16(15)19(17)10-13-6-2-1-3-7-13/h1-9,14,20-21H,10-12H2/t14-/m1/s1. The van der Waals surface area contributed by atoms with Gasteiger partial charge in [-0.1, -0.05) is 54.2 Å². The van der Waals surface area contributed by atoms with E-state index in [2.05, 4.69) is 27.8 Å². The van der Waals surface area contributed by atoms with E-state index in [0.29, 0.717) is 5.75 Å². The predicted molar refractivity (Wildman–Crippen MR) is 89.1 cm³/mol. The molecule has 1 atom stereocenters. The van der Waals surface area contributed by atoms with Crippen LogP contribution in [0.2, 0.25) is 0 Å². The highest BCUT2D eigenvalue weighted by molar-refractivity contribution is 7.99. The molecule has 4 nitrogen and oxygen atoms in total. The molecule has 0 saturated carbocycles. The summed E-state index contributed by atoms with van der Waals surface area (Å²) >= 11 is 1.47. The van der Waals surface area contributed by atoms with Gasteiger partial charge in [0.15, 0.2) is 5.16 Å². The zero-order chi connectivity index (χ0) is 15.4. The van der Waals surface area contributed by atoms with Crippen LogP contribution in [0, 0.1) is 0 Å². The van der Waals surface area contributed by atoms with E-state index >= 15 is 0 Å². The molecule has 0 amide bonds. The van der Waals surface area contributed by atoms with Gasteiger partial charge in [0.05, 0.1) is 30.3 Å². The van der Waals surface area contributed by atoms with Crippen LogP contribution in [0.25, 0.3) is 11.0 Å². The first-order valence-electron chi connectivity index (χ1n) is 7.19. The number of benzene rings is 2. The molecule has 0 spiro atoms. The van der Waals surface area contributed by atoms with Gasteiger partial charge >= 0.3 is 0 Å². The highest BCUT2D eigenvalue weighted by Crippen LogP contribution is 2.25. The molecular weight excluding hydrogens is 296 g/mol. The van der Waals surface area contributed by atoms with Crippen LogP contribution in [0.15, 0.2) is 59.8 Å². The van der Waals surface area contributed by atoms with Gasteiger partial charge in [-0.2, -0.15) is 0 Å². The highest BCUT2D eigenvalue weighted by Gasteiger charge is 2.13. The fraction of sp³-hybridized carbons (Fsp3) is 0.235. The van der Waals surface area contributed by atoms with Crippen molar-refractivity contribution in [2.24, 2.45) is 0 Å². The lowest BCUT2D eigenvalue weighted by Crippen LogP contribution is -2.15. The highest BCUT2D eigenvalue weighted by atomic mass is 32.2. The number of nitrogens with zero attached hydrogens (tertiary/aromatic N) is 2. The largest absolute Gasteiger partial charge is 0.394 e. The number of para-hydroxylation sites is 2. The van der Waals surface area contributed by atoms with Gasteiger partial charge in [-0.05, 0) is 17.7 Å². The molecule has 0 fully saturated rings. The maximum atomic E-state index is 9.57. The Balaban J connectivity index is 1.94. The van der Waals surface area contributed by atoms with Crippen LogP contribution in [-0.4, -0.2) is 38.2 Å². The van der Waals surface area contributed by atoms with E-state index in [1.807, 2.05) is 36.4 Å². The van der Waals surface area contributed by atoms with E-state index in [4.69, 9.17) is 5.11 Å². The molecule has 0 unspecified atom stereocenters. The average Bonchev–Trinajstić information content (AvgIpc) is 2.91. The Hall–Kier alpha value is -1.82. The summed E-state index contributed by atoms with van der Waals surface area (Å²) in [4.78, 5) is 4.65. The number of hydrogen-bond acceptors (Lipinski definition) is 4. The Morgan fingerprint density at radius 1 is 1.05 bits per heavy atom. The lowest BCUT2D eigenvalue weighted by Gasteiger charge is -2.10. The maximum Gasteiger partial charge on any atom is 0.169 e. The van der Waals surface area contributed by atoms with Crippen molar-refractivity contribution in [3.05, 3.63) is 60.2 Å². The van der Waals surface area contributed by atoms with Crippen molar-refractivity contribution >= 4 is 22.8 Å². The zero-order valence-corrected chi connectivity index (χ0v) is 12.9. The Morgan fingerprint density at radius 2 is 1.77 bits per heavy atom. The predicted octanol–water partition coefficient (Wildman–Crippen LogP) is 2.53. The molecule has 0 aliphatic rings. The van der Waals surface area contributed by atoms with Gasteiger partial charge in [-0.15, -0.1) is 0 Å². The SMILES string of the molecule is OC[C@@H](O)CSc1nc2ccccc2n1Cc1ccccc1. The Kier molecular flexibility index (Phi) is 4.77. The normalized spacial score (nSPS) is 12.6. The fourth-order valence-electron chi connectivity index (χ4n) is 2.31. The topological polar surface area (TPSA) is 58.3 Å². The molecule has 5 heteroatoms. The smallest absolute Gasteiger partial charge is 0.169 e. The number of rotatable bonds is 6. The monoisotopic (exact) mass is 314 g/mol. The van der Waals surface area contributed by atoms with Gasteiger partial charge in [0, 0.05) is 5.75 Å². The summed E-state index contributed by atoms with van der Waals surface area (Å²) in [7, 11) is 0. The summed E-state index contributed by atoms with van der Waals surface area (Å²) in [5.74, 6) is 0.425. The van der Waals surface area contributed by atoms with Crippen molar-refractivity contribution in [2.45, 2.75) is 17.8 Å². The summed E-state index contributed by atoms with van der Waals surface area (Å²) in [6.07, 6.45) is -0.727. The quantitative estimate of drug-likeness (QED) is 0.687. The average molecular weight is 314 g/mol. The third kappa shape index (κ3) is 3.32. The minimum Gasteiger partial charge on any atom is -0.394 e. The molecule has 0 aliphatic carbocycles. The van der Waals surface area contributed by atoms with Crippen molar-refractivity contribution in [3.8, 4) is 0 Å². The van der Waals surface area contributed by atoms with Crippen molar-refractivity contribution in [1.29, 1.82) is 0 Å². The van der Waals surface area contributed by atoms with Crippen LogP contribution in [0.5, 0.6) is 0 Å². The number of fused-ring (bicyclic) bond motifs is 1. The lowest BCUT2D eigenvalue weighted by molar-refractivity contribution is 0.113. The van der Waals surface area contributed by atoms with Gasteiger partial charge in [-0.3, -0.25) is 0 Å². The summed E-state index contributed by atoms with van der Waals surface area (Å²) in [5, 5.41) is 19.4. The van der Waals surface area contributed by atoms with Crippen LogP contribution in [0.4, 0.5) is 0 Å². The van der Waals surface area contributed by atoms with Crippen molar-refractivity contribution < 1.29 is 10.2 Å². The van der Waals surface area contributed by atoms with E-state index < -0.39 is 6.10 Å². The van der Waals surface area contributed by atoms with Gasteiger partial charge in [0.25, 0.3) is 0 Å². The van der Waals surface area contributed by atoms with E-state index in [9.17, 15) is 5.11 Å². The number of aliphatic hydroxyl groups excluding tert-OH is 2. The van der Waals surface area contributed by atoms with Crippen LogP contribution in [0.1, 0.15) is 5.56 Å². The van der Waals surface area contributed by atoms with Gasteiger partial charge in [0.2, 0.25) is 0 Å². The van der Waals surface area contributed by atoms with E-state index in [0.717, 1.165) is 22.7 Å². The van der Waals surface area contributed by atoms with Crippen LogP contribution in [0.3, 0.4) is 0 Å². The molecule has 0 radical (unpaired) electrons. The second kappa shape index (κ2) is 6.96. The molecule has 1 heterocycles. The molecule has 22 heavy (non-hydrogen) atoms. The third-order valence-corrected chi connectivity index (χ3v) is 4.54. The number of hydrogen-bond donors (Lipinski definition) is 2.